The third-order valence-electron chi connectivity index (χ3n) is 3.73. The topological polar surface area (TPSA) is 64.3 Å². The van der Waals surface area contributed by atoms with Crippen LogP contribution in [0.4, 0.5) is 0 Å². The normalized spacial score (nSPS) is 24.6. The first-order chi connectivity index (χ1) is 7.90. The molecule has 98 valence electrons. The molecule has 0 aromatic carbocycles. The fourth-order valence-corrected chi connectivity index (χ4v) is 2.48. The predicted molar refractivity (Wildman–Crippen MR) is 71.8 cm³/mol. The van der Waals surface area contributed by atoms with Crippen LogP contribution in [0.2, 0.25) is 0 Å². The van der Waals surface area contributed by atoms with Gasteiger partial charge in [-0.05, 0) is 32.6 Å². The quantitative estimate of drug-likeness (QED) is 0.734. The molecule has 0 bridgehead atoms. The second-order valence-electron chi connectivity index (χ2n) is 4.79. The van der Waals surface area contributed by atoms with Crippen LogP contribution in [0, 0.1) is 0 Å². The number of rotatable bonds is 5. The van der Waals surface area contributed by atoms with Gasteiger partial charge in [-0.25, -0.2) is 0 Å². The van der Waals surface area contributed by atoms with Crippen LogP contribution in [0.5, 0.6) is 0 Å². The summed E-state index contributed by atoms with van der Waals surface area (Å²) in [4.78, 5) is 12.6. The molecule has 3 N–H and O–H groups in total. The molecule has 17 heavy (non-hydrogen) atoms. The van der Waals surface area contributed by atoms with Crippen LogP contribution in [0.25, 0.3) is 0 Å². The number of carbonyl (C=O) groups is 1. The fraction of sp³-hybridized carbons (Fsp3) is 0.833. The molecule has 1 rings (SSSR count). The monoisotopic (exact) mass is 258 g/mol. The molecule has 1 saturated heterocycles. The van der Waals surface area contributed by atoms with Crippen molar-refractivity contribution in [1.82, 2.24) is 5.32 Å². The summed E-state index contributed by atoms with van der Waals surface area (Å²) >= 11 is 5.08. The van der Waals surface area contributed by atoms with Gasteiger partial charge in [0.2, 0.25) is 0 Å². The zero-order chi connectivity index (χ0) is 13.1. The van der Waals surface area contributed by atoms with Gasteiger partial charge in [0.1, 0.15) is 5.60 Å². The highest BCUT2D eigenvalue weighted by Gasteiger charge is 2.42. The van der Waals surface area contributed by atoms with E-state index in [9.17, 15) is 4.79 Å². The maximum atomic E-state index is 12.3. The van der Waals surface area contributed by atoms with Crippen molar-refractivity contribution in [3.8, 4) is 0 Å². The average Bonchev–Trinajstić information content (AvgIpc) is 2.73. The van der Waals surface area contributed by atoms with Gasteiger partial charge in [-0.3, -0.25) is 4.79 Å². The third-order valence-corrected chi connectivity index (χ3v) is 4.12. The summed E-state index contributed by atoms with van der Waals surface area (Å²) in [5.74, 6) is -0.105. The second kappa shape index (κ2) is 5.31. The van der Waals surface area contributed by atoms with Crippen LogP contribution >= 0.6 is 12.2 Å². The molecule has 0 aromatic rings. The minimum absolute atomic E-state index is 0.105. The highest BCUT2D eigenvalue weighted by Crippen LogP contribution is 2.27. The SMILES string of the molecule is CCC(CC)(NC(=O)C1(C)CCCO1)C(N)=S. The van der Waals surface area contributed by atoms with Crippen molar-refractivity contribution >= 4 is 23.1 Å². The molecule has 1 atom stereocenters. The minimum Gasteiger partial charge on any atom is -0.391 e. The largest absolute Gasteiger partial charge is 0.391 e. The zero-order valence-electron chi connectivity index (χ0n) is 10.8. The molecule has 4 nitrogen and oxygen atoms in total. The maximum Gasteiger partial charge on any atom is 0.252 e. The molecular formula is C12H22N2O2S. The van der Waals surface area contributed by atoms with Gasteiger partial charge in [0.05, 0.1) is 10.5 Å². The van der Waals surface area contributed by atoms with Crippen LogP contribution in [0.1, 0.15) is 46.5 Å². The van der Waals surface area contributed by atoms with Crippen molar-refractivity contribution in [2.24, 2.45) is 5.73 Å². The Bertz CT molecular complexity index is 308. The lowest BCUT2D eigenvalue weighted by Crippen LogP contribution is -2.60. The van der Waals surface area contributed by atoms with E-state index in [-0.39, 0.29) is 5.91 Å². The van der Waals surface area contributed by atoms with Crippen molar-refractivity contribution in [2.75, 3.05) is 6.61 Å². The molecule has 1 fully saturated rings. The molecule has 0 aliphatic carbocycles. The first-order valence-corrected chi connectivity index (χ1v) is 6.57. The van der Waals surface area contributed by atoms with E-state index < -0.39 is 11.1 Å². The van der Waals surface area contributed by atoms with Gasteiger partial charge >= 0.3 is 0 Å². The van der Waals surface area contributed by atoms with Gasteiger partial charge in [-0.2, -0.15) is 0 Å². The number of thiocarbonyl (C=S) groups is 1. The van der Waals surface area contributed by atoms with Crippen LogP contribution < -0.4 is 11.1 Å². The summed E-state index contributed by atoms with van der Waals surface area (Å²) in [5.41, 5.74) is 4.45. The van der Waals surface area contributed by atoms with Crippen LogP contribution in [-0.4, -0.2) is 28.6 Å². The smallest absolute Gasteiger partial charge is 0.252 e. The number of nitrogens with one attached hydrogen (secondary N) is 1. The standard InChI is InChI=1S/C12H22N2O2S/c1-4-12(5-2,9(13)17)14-10(15)11(3)7-6-8-16-11/h4-8H2,1-3H3,(H2,13,17)(H,14,15). The van der Waals surface area contributed by atoms with E-state index in [1.165, 1.54) is 0 Å². The van der Waals surface area contributed by atoms with Gasteiger partial charge < -0.3 is 15.8 Å². The number of hydrogen-bond donors (Lipinski definition) is 2. The number of amides is 1. The predicted octanol–water partition coefficient (Wildman–Crippen LogP) is 1.52. The van der Waals surface area contributed by atoms with E-state index in [0.717, 1.165) is 12.8 Å². The zero-order valence-corrected chi connectivity index (χ0v) is 11.7. The first kappa shape index (κ1) is 14.4. The second-order valence-corrected chi connectivity index (χ2v) is 5.23. The molecule has 1 aliphatic heterocycles. The van der Waals surface area contributed by atoms with E-state index in [4.69, 9.17) is 22.7 Å². The summed E-state index contributed by atoms with van der Waals surface area (Å²) in [7, 11) is 0. The van der Waals surface area contributed by atoms with Crippen LogP contribution in [0.3, 0.4) is 0 Å². The molecule has 5 heteroatoms. The first-order valence-electron chi connectivity index (χ1n) is 6.16. The minimum atomic E-state index is -0.722. The number of ether oxygens (including phenoxy) is 1. The Morgan fingerprint density at radius 3 is 2.47 bits per heavy atom. The lowest BCUT2D eigenvalue weighted by Gasteiger charge is -2.35. The third kappa shape index (κ3) is 2.77. The Hall–Kier alpha value is -0.680. The van der Waals surface area contributed by atoms with Crippen molar-refractivity contribution in [1.29, 1.82) is 0 Å². The van der Waals surface area contributed by atoms with Crippen molar-refractivity contribution in [2.45, 2.75) is 57.6 Å². The highest BCUT2D eigenvalue weighted by molar-refractivity contribution is 7.80. The molecule has 0 saturated carbocycles. The molecule has 1 amide bonds. The number of nitrogens with two attached hydrogens (primary N) is 1. The van der Waals surface area contributed by atoms with E-state index in [2.05, 4.69) is 5.32 Å². The van der Waals surface area contributed by atoms with Crippen LogP contribution in [0.15, 0.2) is 0 Å². The molecular weight excluding hydrogens is 236 g/mol. The molecule has 1 aliphatic rings. The summed E-state index contributed by atoms with van der Waals surface area (Å²) in [6.07, 6.45) is 3.06. The average molecular weight is 258 g/mol. The number of hydrogen-bond acceptors (Lipinski definition) is 3. The Morgan fingerprint density at radius 2 is 2.12 bits per heavy atom. The van der Waals surface area contributed by atoms with E-state index >= 15 is 0 Å². The van der Waals surface area contributed by atoms with E-state index in [1.807, 2.05) is 20.8 Å². The van der Waals surface area contributed by atoms with Gasteiger partial charge in [0, 0.05) is 6.61 Å². The molecule has 0 aromatic heterocycles. The summed E-state index contributed by atoms with van der Waals surface area (Å²) in [5, 5.41) is 2.98. The lowest BCUT2D eigenvalue weighted by atomic mass is 9.90. The van der Waals surface area contributed by atoms with Crippen molar-refractivity contribution in [3.05, 3.63) is 0 Å². The number of carbonyl (C=O) groups excluding carboxylic acids is 1. The maximum absolute atomic E-state index is 12.3. The van der Waals surface area contributed by atoms with Crippen molar-refractivity contribution in [3.63, 3.8) is 0 Å². The van der Waals surface area contributed by atoms with Crippen molar-refractivity contribution < 1.29 is 9.53 Å². The summed E-state index contributed by atoms with van der Waals surface area (Å²) < 4.78 is 5.52. The Balaban J connectivity index is 2.80. The summed E-state index contributed by atoms with van der Waals surface area (Å²) in [6.45, 7) is 6.41. The lowest BCUT2D eigenvalue weighted by molar-refractivity contribution is -0.140. The summed E-state index contributed by atoms with van der Waals surface area (Å²) in [6, 6.07) is 0. The Labute approximate surface area is 108 Å². The molecule has 1 unspecified atom stereocenters. The molecule has 0 spiro atoms. The van der Waals surface area contributed by atoms with Gasteiger partial charge in [-0.1, -0.05) is 26.1 Å². The Morgan fingerprint density at radius 1 is 1.53 bits per heavy atom. The van der Waals surface area contributed by atoms with E-state index in [1.54, 1.807) is 0 Å². The van der Waals surface area contributed by atoms with Crippen LogP contribution in [-0.2, 0) is 9.53 Å². The molecule has 0 radical (unpaired) electrons. The highest BCUT2D eigenvalue weighted by atomic mass is 32.1. The molecule has 1 heterocycles. The van der Waals surface area contributed by atoms with Gasteiger partial charge in [0.25, 0.3) is 5.91 Å². The fourth-order valence-electron chi connectivity index (χ4n) is 2.14. The van der Waals surface area contributed by atoms with Gasteiger partial charge in [0.15, 0.2) is 0 Å². The van der Waals surface area contributed by atoms with Gasteiger partial charge in [-0.15, -0.1) is 0 Å². The van der Waals surface area contributed by atoms with E-state index in [0.29, 0.717) is 24.4 Å². The Kier molecular flexibility index (Phi) is 4.49.